The molecule has 25 heavy (non-hydrogen) atoms. The van der Waals surface area contributed by atoms with Crippen LogP contribution in [0.25, 0.3) is 11.1 Å². The van der Waals surface area contributed by atoms with Gasteiger partial charge in [0, 0.05) is 12.5 Å². The summed E-state index contributed by atoms with van der Waals surface area (Å²) < 4.78 is 6.15. The normalized spacial score (nSPS) is 15.4. The van der Waals surface area contributed by atoms with E-state index in [9.17, 15) is 4.79 Å². The second-order valence-corrected chi connectivity index (χ2v) is 7.00. The van der Waals surface area contributed by atoms with Gasteiger partial charge >= 0.3 is 0 Å². The van der Waals surface area contributed by atoms with E-state index >= 15 is 0 Å². The lowest BCUT2D eigenvalue weighted by molar-refractivity contribution is -0.113. The van der Waals surface area contributed by atoms with Crippen LogP contribution in [0.3, 0.4) is 0 Å². The van der Waals surface area contributed by atoms with Crippen molar-refractivity contribution in [1.82, 2.24) is 0 Å². The largest absolute Gasteiger partial charge is 0.380 e. The van der Waals surface area contributed by atoms with E-state index in [0.29, 0.717) is 6.61 Å². The molecule has 0 saturated heterocycles. The van der Waals surface area contributed by atoms with Crippen LogP contribution in [0.5, 0.6) is 0 Å². The first-order chi connectivity index (χ1) is 12.3. The number of hydrogen-bond donors (Lipinski definition) is 0. The summed E-state index contributed by atoms with van der Waals surface area (Å²) in [6.07, 6.45) is 5.20. The van der Waals surface area contributed by atoms with E-state index in [2.05, 4.69) is 62.4 Å². The third-order valence-electron chi connectivity index (χ3n) is 5.47. The maximum atomic E-state index is 12.1. The molecule has 0 radical (unpaired) electrons. The fourth-order valence-corrected chi connectivity index (χ4v) is 4.24. The van der Waals surface area contributed by atoms with Gasteiger partial charge < -0.3 is 9.53 Å². The lowest BCUT2D eigenvalue weighted by atomic mass is 9.68. The van der Waals surface area contributed by atoms with E-state index in [1.54, 1.807) is 0 Å². The molecule has 1 aliphatic carbocycles. The first-order valence-electron chi connectivity index (χ1n) is 9.52. The average molecular weight is 336 g/mol. The van der Waals surface area contributed by atoms with Crippen molar-refractivity contribution in [2.75, 3.05) is 13.2 Å². The Morgan fingerprint density at radius 3 is 2.08 bits per heavy atom. The van der Waals surface area contributed by atoms with Crippen molar-refractivity contribution in [3.8, 4) is 11.1 Å². The van der Waals surface area contributed by atoms with Gasteiger partial charge in [0.05, 0.1) is 12.0 Å². The third kappa shape index (κ3) is 3.04. The summed E-state index contributed by atoms with van der Waals surface area (Å²) in [5, 5.41) is 0. The Bertz CT molecular complexity index is 674. The van der Waals surface area contributed by atoms with Crippen LogP contribution in [-0.2, 0) is 14.9 Å². The van der Waals surface area contributed by atoms with E-state index < -0.39 is 0 Å². The minimum atomic E-state index is -0.362. The zero-order valence-electron chi connectivity index (χ0n) is 15.3. The van der Waals surface area contributed by atoms with Gasteiger partial charge in [0.1, 0.15) is 6.29 Å². The molecule has 2 heteroatoms. The van der Waals surface area contributed by atoms with Crippen LogP contribution in [0.1, 0.15) is 50.7 Å². The molecular formula is C23H28O2. The molecule has 0 saturated carbocycles. The first kappa shape index (κ1) is 17.9. The predicted octanol–water partition coefficient (Wildman–Crippen LogP) is 5.39. The Labute approximate surface area is 151 Å². The summed E-state index contributed by atoms with van der Waals surface area (Å²) in [4.78, 5) is 12.1. The molecule has 132 valence electrons. The standard InChI is InChI=1S/C23H28O2/c1-3-5-15-25-17-23(18(16-24)10-4-2)21-13-8-6-11-19(21)20-12-7-9-14-22(20)23/h6-9,11-14,16,18H,3-5,10,15,17H2,1-2H3. The van der Waals surface area contributed by atoms with Gasteiger partial charge in [0.15, 0.2) is 0 Å². The van der Waals surface area contributed by atoms with Crippen molar-refractivity contribution in [3.63, 3.8) is 0 Å². The number of rotatable bonds is 9. The Morgan fingerprint density at radius 1 is 0.960 bits per heavy atom. The number of unbranched alkanes of at least 4 members (excludes halogenated alkanes) is 1. The van der Waals surface area contributed by atoms with Crippen molar-refractivity contribution >= 4 is 6.29 Å². The van der Waals surface area contributed by atoms with Crippen molar-refractivity contribution in [1.29, 1.82) is 0 Å². The zero-order valence-corrected chi connectivity index (χ0v) is 15.3. The van der Waals surface area contributed by atoms with Gasteiger partial charge in [0.2, 0.25) is 0 Å². The highest BCUT2D eigenvalue weighted by Crippen LogP contribution is 2.53. The van der Waals surface area contributed by atoms with Gasteiger partial charge in [-0.1, -0.05) is 75.2 Å². The van der Waals surface area contributed by atoms with Gasteiger partial charge in [-0.05, 0) is 35.1 Å². The lowest BCUT2D eigenvalue weighted by Gasteiger charge is -2.37. The summed E-state index contributed by atoms with van der Waals surface area (Å²) >= 11 is 0. The van der Waals surface area contributed by atoms with Crippen LogP contribution >= 0.6 is 0 Å². The third-order valence-corrected chi connectivity index (χ3v) is 5.47. The van der Waals surface area contributed by atoms with Crippen molar-refractivity contribution in [2.45, 2.75) is 44.9 Å². The maximum absolute atomic E-state index is 12.1. The summed E-state index contributed by atoms with van der Waals surface area (Å²) in [7, 11) is 0. The Kier molecular flexibility index (Phi) is 5.70. The molecule has 0 heterocycles. The summed E-state index contributed by atoms with van der Waals surface area (Å²) in [5.41, 5.74) is 4.63. The molecule has 2 nitrogen and oxygen atoms in total. The van der Waals surface area contributed by atoms with Crippen molar-refractivity contribution < 1.29 is 9.53 Å². The molecule has 0 aromatic heterocycles. The minimum absolute atomic E-state index is 0.0658. The zero-order chi connectivity index (χ0) is 17.7. The predicted molar refractivity (Wildman–Crippen MR) is 103 cm³/mol. The van der Waals surface area contributed by atoms with E-state index in [-0.39, 0.29) is 11.3 Å². The smallest absolute Gasteiger partial charge is 0.124 e. The molecule has 1 aliphatic rings. The van der Waals surface area contributed by atoms with Gasteiger partial charge in [0.25, 0.3) is 0 Å². The number of fused-ring (bicyclic) bond motifs is 3. The first-order valence-corrected chi connectivity index (χ1v) is 9.52. The van der Waals surface area contributed by atoms with E-state index in [1.165, 1.54) is 22.3 Å². The van der Waals surface area contributed by atoms with Crippen LogP contribution in [0, 0.1) is 5.92 Å². The monoisotopic (exact) mass is 336 g/mol. The van der Waals surface area contributed by atoms with Crippen LogP contribution in [-0.4, -0.2) is 19.5 Å². The number of carbonyl (C=O) groups is 1. The topological polar surface area (TPSA) is 26.3 Å². The van der Waals surface area contributed by atoms with E-state index in [1.807, 2.05) is 0 Å². The maximum Gasteiger partial charge on any atom is 0.124 e. The molecule has 1 unspecified atom stereocenters. The highest BCUT2D eigenvalue weighted by Gasteiger charge is 2.48. The molecule has 2 aromatic rings. The second kappa shape index (κ2) is 7.97. The SMILES string of the molecule is CCCCOCC1(C(C=O)CCC)c2ccccc2-c2ccccc21. The summed E-state index contributed by atoms with van der Waals surface area (Å²) in [5.74, 6) is -0.0658. The molecule has 3 rings (SSSR count). The minimum Gasteiger partial charge on any atom is -0.380 e. The fraction of sp³-hybridized carbons (Fsp3) is 0.435. The number of benzene rings is 2. The number of carbonyl (C=O) groups excluding carboxylic acids is 1. The van der Waals surface area contributed by atoms with Crippen molar-refractivity contribution in [3.05, 3.63) is 59.7 Å². The van der Waals surface area contributed by atoms with Gasteiger partial charge in [-0.15, -0.1) is 0 Å². The number of hydrogen-bond acceptors (Lipinski definition) is 2. The Morgan fingerprint density at radius 2 is 1.56 bits per heavy atom. The molecule has 0 bridgehead atoms. The van der Waals surface area contributed by atoms with E-state index in [0.717, 1.165) is 38.6 Å². The highest BCUT2D eigenvalue weighted by atomic mass is 16.5. The molecule has 0 amide bonds. The molecular weight excluding hydrogens is 308 g/mol. The quantitative estimate of drug-likeness (QED) is 0.453. The molecule has 1 atom stereocenters. The Balaban J connectivity index is 2.13. The molecule has 0 N–H and O–H groups in total. The van der Waals surface area contributed by atoms with Crippen LogP contribution in [0.2, 0.25) is 0 Å². The summed E-state index contributed by atoms with van der Waals surface area (Å²) in [6, 6.07) is 17.1. The molecule has 0 spiro atoms. The Hall–Kier alpha value is -1.93. The van der Waals surface area contributed by atoms with Crippen LogP contribution in [0.15, 0.2) is 48.5 Å². The van der Waals surface area contributed by atoms with Crippen LogP contribution < -0.4 is 0 Å². The lowest BCUT2D eigenvalue weighted by Crippen LogP contribution is -2.40. The van der Waals surface area contributed by atoms with Crippen molar-refractivity contribution in [2.24, 2.45) is 5.92 Å². The highest BCUT2D eigenvalue weighted by molar-refractivity contribution is 5.83. The molecule has 2 aromatic carbocycles. The average Bonchev–Trinajstić information content (AvgIpc) is 2.95. The number of ether oxygens (including phenoxy) is 1. The molecule has 0 aliphatic heterocycles. The fourth-order valence-electron chi connectivity index (χ4n) is 4.24. The summed E-state index contributed by atoms with van der Waals surface area (Å²) in [6.45, 7) is 5.64. The van der Waals surface area contributed by atoms with E-state index in [4.69, 9.17) is 4.74 Å². The van der Waals surface area contributed by atoms with Gasteiger partial charge in [-0.25, -0.2) is 0 Å². The van der Waals surface area contributed by atoms with Gasteiger partial charge in [-0.2, -0.15) is 0 Å². The molecule has 0 fully saturated rings. The second-order valence-electron chi connectivity index (χ2n) is 7.00. The van der Waals surface area contributed by atoms with Crippen LogP contribution in [0.4, 0.5) is 0 Å². The van der Waals surface area contributed by atoms with Gasteiger partial charge in [-0.3, -0.25) is 0 Å². The number of aldehydes is 1.